The van der Waals surface area contributed by atoms with Crippen LogP contribution in [-0.4, -0.2) is 34.7 Å². The van der Waals surface area contributed by atoms with Crippen LogP contribution < -0.4 is 0 Å². The lowest BCUT2D eigenvalue weighted by Crippen LogP contribution is -2.40. The van der Waals surface area contributed by atoms with Crippen LogP contribution in [0, 0.1) is 5.92 Å². The van der Waals surface area contributed by atoms with Crippen molar-refractivity contribution in [2.45, 2.75) is 12.8 Å². The number of halogens is 1. The van der Waals surface area contributed by atoms with Crippen LogP contribution in [0.3, 0.4) is 0 Å². The van der Waals surface area contributed by atoms with Gasteiger partial charge in [-0.25, -0.2) is 4.98 Å². The van der Waals surface area contributed by atoms with Crippen LogP contribution >= 0.6 is 11.6 Å². The van der Waals surface area contributed by atoms with E-state index in [1.54, 1.807) is 17.0 Å². The minimum absolute atomic E-state index is 0.00945. The molecule has 0 saturated carbocycles. The molecule has 1 aliphatic heterocycles. The minimum atomic E-state index is -0.0558. The van der Waals surface area contributed by atoms with Crippen LogP contribution in [0.1, 0.15) is 33.6 Å². The van der Waals surface area contributed by atoms with Gasteiger partial charge in [0.15, 0.2) is 5.78 Å². The van der Waals surface area contributed by atoms with Gasteiger partial charge in [0.05, 0.1) is 5.56 Å². The van der Waals surface area contributed by atoms with Crippen molar-refractivity contribution in [2.75, 3.05) is 13.1 Å². The Hall–Kier alpha value is -2.20. The average Bonchev–Trinajstić information content (AvgIpc) is 2.62. The van der Waals surface area contributed by atoms with E-state index >= 15 is 0 Å². The zero-order chi connectivity index (χ0) is 16.2. The first-order chi connectivity index (χ1) is 11.1. The van der Waals surface area contributed by atoms with E-state index in [0.717, 1.165) is 5.56 Å². The number of ketones is 1. The molecule has 1 amide bonds. The third-order valence-corrected chi connectivity index (χ3v) is 4.41. The highest BCUT2D eigenvalue weighted by molar-refractivity contribution is 6.29. The van der Waals surface area contributed by atoms with E-state index < -0.39 is 0 Å². The molecule has 0 unspecified atom stereocenters. The molecule has 23 heavy (non-hydrogen) atoms. The van der Waals surface area contributed by atoms with Crippen LogP contribution in [0.25, 0.3) is 0 Å². The van der Waals surface area contributed by atoms with Gasteiger partial charge in [-0.15, -0.1) is 0 Å². The molecular formula is C18H17ClN2O2. The second-order valence-electron chi connectivity index (χ2n) is 5.67. The van der Waals surface area contributed by atoms with E-state index in [9.17, 15) is 9.59 Å². The highest BCUT2D eigenvalue weighted by atomic mass is 35.5. The Kier molecular flexibility index (Phi) is 4.72. The maximum atomic E-state index is 12.5. The van der Waals surface area contributed by atoms with Gasteiger partial charge in [-0.2, -0.15) is 0 Å². The van der Waals surface area contributed by atoms with E-state index in [4.69, 9.17) is 11.6 Å². The Labute approximate surface area is 140 Å². The number of piperidine rings is 1. The number of rotatable bonds is 3. The van der Waals surface area contributed by atoms with Crippen LogP contribution in [-0.2, 0) is 0 Å². The standard InChI is InChI=1S/C18H17ClN2O2/c19-16-7-6-15(12-20-16)18(23)21-10-8-14(9-11-21)17(22)13-4-2-1-3-5-13/h1-7,12,14H,8-11H2. The van der Waals surface area contributed by atoms with Crippen molar-refractivity contribution < 1.29 is 9.59 Å². The molecule has 3 rings (SSSR count). The van der Waals surface area contributed by atoms with Gasteiger partial charge in [0.2, 0.25) is 0 Å². The number of nitrogens with zero attached hydrogens (tertiary/aromatic N) is 2. The summed E-state index contributed by atoms with van der Waals surface area (Å²) in [5, 5.41) is 0.369. The second-order valence-corrected chi connectivity index (χ2v) is 6.05. The summed E-state index contributed by atoms with van der Waals surface area (Å²) in [5.41, 5.74) is 1.28. The number of carbonyl (C=O) groups excluding carboxylic acids is 2. The molecule has 2 aromatic rings. The number of benzene rings is 1. The maximum absolute atomic E-state index is 12.5. The summed E-state index contributed by atoms with van der Waals surface area (Å²) in [4.78, 5) is 30.6. The van der Waals surface area contributed by atoms with Crippen LogP contribution in [0.5, 0.6) is 0 Å². The lowest BCUT2D eigenvalue weighted by molar-refractivity contribution is 0.0650. The predicted octanol–water partition coefficient (Wildman–Crippen LogP) is 3.47. The molecule has 0 spiro atoms. The number of carbonyl (C=O) groups is 2. The molecule has 0 bridgehead atoms. The molecule has 0 aliphatic carbocycles. The number of pyridine rings is 1. The molecule has 118 valence electrons. The van der Waals surface area contributed by atoms with Gasteiger partial charge in [0, 0.05) is 30.8 Å². The first-order valence-electron chi connectivity index (χ1n) is 7.65. The van der Waals surface area contributed by atoms with Crippen molar-refractivity contribution in [1.82, 2.24) is 9.88 Å². The van der Waals surface area contributed by atoms with Gasteiger partial charge >= 0.3 is 0 Å². The molecule has 1 aliphatic rings. The molecule has 5 heteroatoms. The summed E-state index contributed by atoms with van der Waals surface area (Å²) < 4.78 is 0. The normalized spacial score (nSPS) is 15.4. The fourth-order valence-corrected chi connectivity index (χ4v) is 2.98. The van der Waals surface area contributed by atoms with Crippen molar-refractivity contribution in [3.05, 3.63) is 64.9 Å². The van der Waals surface area contributed by atoms with E-state index in [1.165, 1.54) is 6.20 Å². The quantitative estimate of drug-likeness (QED) is 0.640. The third kappa shape index (κ3) is 3.59. The molecule has 0 radical (unpaired) electrons. The lowest BCUT2D eigenvalue weighted by Gasteiger charge is -2.31. The van der Waals surface area contributed by atoms with E-state index in [1.807, 2.05) is 30.3 Å². The average molecular weight is 329 g/mol. The summed E-state index contributed by atoms with van der Waals surface area (Å²) in [6.45, 7) is 1.18. The van der Waals surface area contributed by atoms with Gasteiger partial charge in [-0.1, -0.05) is 41.9 Å². The van der Waals surface area contributed by atoms with Crippen molar-refractivity contribution in [3.63, 3.8) is 0 Å². The van der Waals surface area contributed by atoms with E-state index in [0.29, 0.717) is 36.6 Å². The number of hydrogen-bond donors (Lipinski definition) is 0. The third-order valence-electron chi connectivity index (χ3n) is 4.19. The first-order valence-corrected chi connectivity index (χ1v) is 8.03. The molecule has 0 atom stereocenters. The largest absolute Gasteiger partial charge is 0.339 e. The highest BCUT2D eigenvalue weighted by Crippen LogP contribution is 2.23. The zero-order valence-electron chi connectivity index (χ0n) is 12.6. The van der Waals surface area contributed by atoms with Crippen molar-refractivity contribution in [2.24, 2.45) is 5.92 Å². The maximum Gasteiger partial charge on any atom is 0.255 e. The van der Waals surface area contributed by atoms with Crippen LogP contribution in [0.4, 0.5) is 0 Å². The van der Waals surface area contributed by atoms with Crippen molar-refractivity contribution >= 4 is 23.3 Å². The van der Waals surface area contributed by atoms with E-state index in [2.05, 4.69) is 4.98 Å². The number of amides is 1. The number of hydrogen-bond acceptors (Lipinski definition) is 3. The van der Waals surface area contributed by atoms with Crippen LogP contribution in [0.2, 0.25) is 5.15 Å². The SMILES string of the molecule is O=C(c1ccccc1)C1CCN(C(=O)c2ccc(Cl)nc2)CC1. The van der Waals surface area contributed by atoms with Gasteiger partial charge in [-0.05, 0) is 25.0 Å². The van der Waals surface area contributed by atoms with Crippen LogP contribution in [0.15, 0.2) is 48.7 Å². The summed E-state index contributed by atoms with van der Waals surface area (Å²) in [6.07, 6.45) is 2.88. The fraction of sp³-hybridized carbons (Fsp3) is 0.278. The predicted molar refractivity (Wildman–Crippen MR) is 88.6 cm³/mol. The molecule has 1 saturated heterocycles. The molecule has 1 fully saturated rings. The van der Waals surface area contributed by atoms with Gasteiger partial charge in [0.25, 0.3) is 5.91 Å². The lowest BCUT2D eigenvalue weighted by atomic mass is 9.89. The smallest absolute Gasteiger partial charge is 0.255 e. The first kappa shape index (κ1) is 15.7. The highest BCUT2D eigenvalue weighted by Gasteiger charge is 2.28. The summed E-state index contributed by atoms with van der Waals surface area (Å²) >= 11 is 5.74. The molecule has 2 heterocycles. The molecular weight excluding hydrogens is 312 g/mol. The Morgan fingerprint density at radius 3 is 2.30 bits per heavy atom. The molecule has 0 N–H and O–H groups in total. The summed E-state index contributed by atoms with van der Waals surface area (Å²) in [7, 11) is 0. The molecule has 4 nitrogen and oxygen atoms in total. The topological polar surface area (TPSA) is 50.3 Å². The molecule has 1 aromatic carbocycles. The van der Waals surface area contributed by atoms with Crippen molar-refractivity contribution in [1.29, 1.82) is 0 Å². The van der Waals surface area contributed by atoms with Gasteiger partial charge in [-0.3, -0.25) is 9.59 Å². The number of aromatic nitrogens is 1. The van der Waals surface area contributed by atoms with E-state index in [-0.39, 0.29) is 17.6 Å². The number of likely N-dealkylation sites (tertiary alicyclic amines) is 1. The Bertz CT molecular complexity index is 693. The van der Waals surface area contributed by atoms with Gasteiger partial charge < -0.3 is 4.90 Å². The minimum Gasteiger partial charge on any atom is -0.339 e. The van der Waals surface area contributed by atoms with Crippen molar-refractivity contribution in [3.8, 4) is 0 Å². The number of Topliss-reactive ketones (excluding diaryl/α,β-unsaturated/α-hetero) is 1. The fourth-order valence-electron chi connectivity index (χ4n) is 2.87. The zero-order valence-corrected chi connectivity index (χ0v) is 13.4. The monoisotopic (exact) mass is 328 g/mol. The Morgan fingerprint density at radius 1 is 1.00 bits per heavy atom. The Balaban J connectivity index is 1.61. The summed E-state index contributed by atoms with van der Waals surface area (Å²) in [5.74, 6) is 0.107. The second kappa shape index (κ2) is 6.92. The molecule has 1 aromatic heterocycles. The Morgan fingerprint density at radius 2 is 1.70 bits per heavy atom. The van der Waals surface area contributed by atoms with Gasteiger partial charge in [0.1, 0.15) is 5.15 Å². The summed E-state index contributed by atoms with van der Waals surface area (Å²) in [6, 6.07) is 12.6.